The number of benzene rings is 1. The highest BCUT2D eigenvalue weighted by Gasteiger charge is 2.02. The molecule has 0 bridgehead atoms. The molecule has 6 heteroatoms. The lowest BCUT2D eigenvalue weighted by molar-refractivity contribution is 0.233. The van der Waals surface area contributed by atoms with Crippen LogP contribution in [0.15, 0.2) is 41.9 Å². The second-order valence-electron chi connectivity index (χ2n) is 3.55. The number of nitrogens with one attached hydrogen (secondary N) is 1. The fourth-order valence-corrected chi connectivity index (χ4v) is 1.51. The van der Waals surface area contributed by atoms with Crippen molar-refractivity contribution in [2.24, 2.45) is 10.7 Å². The van der Waals surface area contributed by atoms with E-state index in [1.807, 2.05) is 35.9 Å². The van der Waals surface area contributed by atoms with Crippen LogP contribution >= 0.6 is 0 Å². The van der Waals surface area contributed by atoms with Crippen LogP contribution in [-0.4, -0.2) is 20.7 Å². The van der Waals surface area contributed by atoms with Gasteiger partial charge in [0.05, 0.1) is 17.7 Å². The van der Waals surface area contributed by atoms with Crippen LogP contribution in [0.4, 0.5) is 5.69 Å². The summed E-state index contributed by atoms with van der Waals surface area (Å²) < 4.78 is 1.89. The lowest BCUT2D eigenvalue weighted by Crippen LogP contribution is -2.27. The van der Waals surface area contributed by atoms with Gasteiger partial charge in [0.15, 0.2) is 0 Å². The summed E-state index contributed by atoms with van der Waals surface area (Å²) in [6, 6.07) is 5.61. The Morgan fingerprint density at radius 3 is 3.00 bits per heavy atom. The summed E-state index contributed by atoms with van der Waals surface area (Å²) >= 11 is 0. The highest BCUT2D eigenvalue weighted by molar-refractivity contribution is 5.80. The second kappa shape index (κ2) is 4.67. The Morgan fingerprint density at radius 2 is 2.35 bits per heavy atom. The molecule has 0 aliphatic heterocycles. The molecule has 0 amide bonds. The van der Waals surface area contributed by atoms with Gasteiger partial charge in [0.1, 0.15) is 0 Å². The first kappa shape index (κ1) is 11.2. The standard InChI is InChI=1S/C11H13N5O/c1-8-2-3-9(14-11(12)15-17)6-10(8)16-5-4-13-7-16/h2-7,17H,1H3,(H3,12,14,15). The first-order chi connectivity index (χ1) is 8.20. The summed E-state index contributed by atoms with van der Waals surface area (Å²) in [6.07, 6.45) is 5.27. The number of aromatic nitrogens is 2. The summed E-state index contributed by atoms with van der Waals surface area (Å²) in [6.45, 7) is 2.00. The molecule has 1 aromatic carbocycles. The van der Waals surface area contributed by atoms with Crippen LogP contribution in [0.2, 0.25) is 0 Å². The van der Waals surface area contributed by atoms with Crippen molar-refractivity contribution in [1.29, 1.82) is 0 Å². The molecule has 0 atom stereocenters. The van der Waals surface area contributed by atoms with E-state index in [0.717, 1.165) is 11.3 Å². The number of nitrogens with two attached hydrogens (primary N) is 1. The average Bonchev–Trinajstić information content (AvgIpc) is 2.85. The van der Waals surface area contributed by atoms with Crippen LogP contribution in [0.25, 0.3) is 5.69 Å². The van der Waals surface area contributed by atoms with Crippen LogP contribution in [0.1, 0.15) is 5.56 Å². The van der Waals surface area contributed by atoms with Crippen LogP contribution in [-0.2, 0) is 0 Å². The minimum absolute atomic E-state index is 0.0505. The molecule has 0 unspecified atom stereocenters. The molecular formula is C11H13N5O. The van der Waals surface area contributed by atoms with E-state index >= 15 is 0 Å². The van der Waals surface area contributed by atoms with Crippen molar-refractivity contribution < 1.29 is 5.21 Å². The number of guanidine groups is 1. The van der Waals surface area contributed by atoms with E-state index in [9.17, 15) is 0 Å². The smallest absolute Gasteiger partial charge is 0.218 e. The van der Waals surface area contributed by atoms with Gasteiger partial charge < -0.3 is 10.3 Å². The number of rotatable bonds is 2. The molecule has 6 nitrogen and oxygen atoms in total. The summed E-state index contributed by atoms with van der Waals surface area (Å²) in [7, 11) is 0. The minimum Gasteiger partial charge on any atom is -0.368 e. The number of imidazole rings is 1. The predicted octanol–water partition coefficient (Wildman–Crippen LogP) is 1.11. The van der Waals surface area contributed by atoms with Crippen molar-refractivity contribution >= 4 is 11.6 Å². The van der Waals surface area contributed by atoms with E-state index in [0.29, 0.717) is 5.69 Å². The normalized spacial score (nSPS) is 11.5. The molecule has 17 heavy (non-hydrogen) atoms. The Hall–Kier alpha value is -2.34. The molecule has 1 heterocycles. The van der Waals surface area contributed by atoms with Crippen molar-refractivity contribution in [1.82, 2.24) is 15.0 Å². The van der Waals surface area contributed by atoms with Crippen molar-refractivity contribution in [3.8, 4) is 5.69 Å². The lowest BCUT2D eigenvalue weighted by Gasteiger charge is -2.07. The summed E-state index contributed by atoms with van der Waals surface area (Å²) in [5.41, 5.74) is 9.89. The molecule has 0 aliphatic carbocycles. The zero-order valence-corrected chi connectivity index (χ0v) is 9.33. The number of hydrogen-bond donors (Lipinski definition) is 3. The van der Waals surface area contributed by atoms with Crippen molar-refractivity contribution in [3.63, 3.8) is 0 Å². The van der Waals surface area contributed by atoms with Gasteiger partial charge in [-0.2, -0.15) is 0 Å². The average molecular weight is 231 g/mol. The zero-order valence-electron chi connectivity index (χ0n) is 9.33. The molecule has 2 aromatic rings. The zero-order chi connectivity index (χ0) is 12.3. The number of aryl methyl sites for hydroxylation is 1. The molecular weight excluding hydrogens is 218 g/mol. The molecule has 0 radical (unpaired) electrons. The number of hydrogen-bond acceptors (Lipinski definition) is 3. The van der Waals surface area contributed by atoms with E-state index in [-0.39, 0.29) is 5.96 Å². The predicted molar refractivity (Wildman–Crippen MR) is 64.5 cm³/mol. The number of aliphatic imine (C=N–C) groups is 1. The molecule has 1 aromatic heterocycles. The summed E-state index contributed by atoms with van der Waals surface area (Å²) in [4.78, 5) is 7.99. The quantitative estimate of drug-likeness (QED) is 0.410. The van der Waals surface area contributed by atoms with Gasteiger partial charge in [-0.25, -0.2) is 15.5 Å². The summed E-state index contributed by atoms with van der Waals surface area (Å²) in [5.74, 6) is -0.0505. The third-order valence-corrected chi connectivity index (χ3v) is 2.34. The van der Waals surface area contributed by atoms with Crippen LogP contribution in [0.5, 0.6) is 0 Å². The van der Waals surface area contributed by atoms with Gasteiger partial charge >= 0.3 is 0 Å². The Labute approximate surface area is 98.4 Å². The van der Waals surface area contributed by atoms with E-state index < -0.39 is 0 Å². The Bertz CT molecular complexity index is 533. The van der Waals surface area contributed by atoms with Crippen molar-refractivity contribution in [2.45, 2.75) is 6.92 Å². The van der Waals surface area contributed by atoms with Gasteiger partial charge in [-0.05, 0) is 24.6 Å². The minimum atomic E-state index is -0.0505. The van der Waals surface area contributed by atoms with E-state index in [4.69, 9.17) is 10.9 Å². The third kappa shape index (κ3) is 2.43. The fraction of sp³-hybridized carbons (Fsp3) is 0.0909. The van der Waals surface area contributed by atoms with Crippen LogP contribution < -0.4 is 11.2 Å². The molecule has 4 N–H and O–H groups in total. The maximum Gasteiger partial charge on any atom is 0.218 e. The molecule has 0 saturated carbocycles. The van der Waals surface area contributed by atoms with Gasteiger partial charge in [-0.15, -0.1) is 0 Å². The van der Waals surface area contributed by atoms with Crippen LogP contribution in [0, 0.1) is 6.92 Å². The summed E-state index contributed by atoms with van der Waals surface area (Å²) in [5, 5.41) is 8.58. The van der Waals surface area contributed by atoms with Crippen molar-refractivity contribution in [2.75, 3.05) is 0 Å². The highest BCUT2D eigenvalue weighted by atomic mass is 16.5. The van der Waals surface area contributed by atoms with Gasteiger partial charge in [-0.1, -0.05) is 6.07 Å². The Balaban J connectivity index is 2.44. The number of nitrogens with zero attached hydrogens (tertiary/aromatic N) is 3. The molecule has 0 saturated heterocycles. The Kier molecular flexibility index (Phi) is 3.06. The third-order valence-electron chi connectivity index (χ3n) is 2.34. The van der Waals surface area contributed by atoms with E-state index in [2.05, 4.69) is 9.98 Å². The highest BCUT2D eigenvalue weighted by Crippen LogP contribution is 2.21. The van der Waals surface area contributed by atoms with Crippen molar-refractivity contribution in [3.05, 3.63) is 42.5 Å². The molecule has 0 aliphatic rings. The molecule has 88 valence electrons. The van der Waals surface area contributed by atoms with Gasteiger partial charge in [0, 0.05) is 12.4 Å². The fourth-order valence-electron chi connectivity index (χ4n) is 1.51. The monoisotopic (exact) mass is 231 g/mol. The molecule has 2 rings (SSSR count). The SMILES string of the molecule is Cc1ccc(N=C(N)NO)cc1-n1ccnc1. The molecule has 0 spiro atoms. The largest absolute Gasteiger partial charge is 0.368 e. The lowest BCUT2D eigenvalue weighted by atomic mass is 10.2. The first-order valence-corrected chi connectivity index (χ1v) is 5.04. The topological polar surface area (TPSA) is 88.5 Å². The second-order valence-corrected chi connectivity index (χ2v) is 3.55. The van der Waals surface area contributed by atoms with Gasteiger partial charge in [0.2, 0.25) is 5.96 Å². The van der Waals surface area contributed by atoms with Crippen LogP contribution in [0.3, 0.4) is 0 Å². The maximum absolute atomic E-state index is 8.58. The first-order valence-electron chi connectivity index (χ1n) is 5.04. The van der Waals surface area contributed by atoms with Gasteiger partial charge in [0.25, 0.3) is 0 Å². The Morgan fingerprint density at radius 1 is 1.53 bits per heavy atom. The van der Waals surface area contributed by atoms with Gasteiger partial charge in [-0.3, -0.25) is 5.21 Å². The molecule has 0 fully saturated rings. The van der Waals surface area contributed by atoms with E-state index in [1.165, 1.54) is 0 Å². The maximum atomic E-state index is 8.58. The number of hydroxylamine groups is 1. The van der Waals surface area contributed by atoms with E-state index in [1.54, 1.807) is 18.0 Å².